The van der Waals surface area contributed by atoms with Crippen LogP contribution in [0.3, 0.4) is 0 Å². The van der Waals surface area contributed by atoms with Gasteiger partial charge in [0.1, 0.15) is 5.75 Å². The molecule has 1 aromatic rings. The monoisotopic (exact) mass is 560 g/mol. The van der Waals surface area contributed by atoms with Crippen LogP contribution in [0.25, 0.3) is 0 Å². The molecule has 2 amide bonds. The van der Waals surface area contributed by atoms with Crippen LogP contribution in [0.15, 0.2) is 12.1 Å². The normalized spacial score (nSPS) is 28.2. The molecule has 3 saturated carbocycles. The highest BCUT2D eigenvalue weighted by Crippen LogP contribution is 2.40. The minimum Gasteiger partial charge on any atom is -0.496 e. The molecule has 3 aliphatic carbocycles. The van der Waals surface area contributed by atoms with Crippen molar-refractivity contribution in [3.05, 3.63) is 23.5 Å². The third-order valence-corrected chi connectivity index (χ3v) is 9.51. The number of carboxylic acids is 1. The van der Waals surface area contributed by atoms with Crippen LogP contribution >= 0.6 is 0 Å². The van der Waals surface area contributed by atoms with Gasteiger partial charge in [0.05, 0.1) is 30.1 Å². The number of hydrogen-bond acceptors (Lipinski definition) is 5. The Morgan fingerprint density at radius 3 is 2.23 bits per heavy atom. The number of carboxylic acid groups (broad SMARTS) is 1. The predicted octanol–water partition coefficient (Wildman–Crippen LogP) is 5.62. The fraction of sp³-hybridized carbons (Fsp3) is 0.710. The molecule has 3 aliphatic rings. The first-order chi connectivity index (χ1) is 19.0. The van der Waals surface area contributed by atoms with E-state index in [4.69, 9.17) is 9.47 Å². The molecule has 0 radical (unpaired) electrons. The molecule has 0 spiro atoms. The molecule has 0 heterocycles. The average Bonchev–Trinajstić information content (AvgIpc) is 2.89. The molecule has 8 nitrogen and oxygen atoms in total. The van der Waals surface area contributed by atoms with Crippen LogP contribution in [0.5, 0.6) is 11.5 Å². The standard InChI is InChI=1S/C31H45FN2O6/c1-30(13-8-14-30)19-33-27(35)21-9-6-4-5-7-10-24(21)34-28(36)22-17-26(23(32)18-25(22)39-3)40-20-11-15-31(2,16-12-20)29(37)38/h17-18,20-21,24H,4-16,19H2,1-3H3,(H,33,35)(H,34,36)(H,37,38)/t20?,21?,24-,31?/m0/s1. The second kappa shape index (κ2) is 12.8. The Labute approximate surface area is 236 Å². The Balaban J connectivity index is 1.47. The Morgan fingerprint density at radius 1 is 0.950 bits per heavy atom. The molecule has 4 rings (SSSR count). The van der Waals surface area contributed by atoms with E-state index < -0.39 is 23.1 Å². The molecule has 0 saturated heterocycles. The van der Waals surface area contributed by atoms with E-state index in [1.54, 1.807) is 6.92 Å². The minimum absolute atomic E-state index is 0.0129. The smallest absolute Gasteiger partial charge is 0.309 e. The van der Waals surface area contributed by atoms with E-state index >= 15 is 0 Å². The van der Waals surface area contributed by atoms with E-state index in [0.29, 0.717) is 45.1 Å². The molecule has 222 valence electrons. The van der Waals surface area contributed by atoms with Crippen molar-refractivity contribution in [1.29, 1.82) is 0 Å². The molecule has 2 atom stereocenters. The summed E-state index contributed by atoms with van der Waals surface area (Å²) >= 11 is 0. The summed E-state index contributed by atoms with van der Waals surface area (Å²) in [6, 6.07) is 2.17. The van der Waals surface area contributed by atoms with Gasteiger partial charge in [-0.15, -0.1) is 0 Å². The Hall–Kier alpha value is -2.84. The SMILES string of the molecule is COc1cc(F)c(OC2CCC(C)(C(=O)O)CC2)cc1C(=O)N[C@H]1CCCCCCC1C(=O)NCC1(C)CCC1. The van der Waals surface area contributed by atoms with Crippen molar-refractivity contribution in [3.8, 4) is 11.5 Å². The molecule has 40 heavy (non-hydrogen) atoms. The summed E-state index contributed by atoms with van der Waals surface area (Å²) in [5, 5.41) is 15.7. The molecular formula is C31H45FN2O6. The number of aliphatic carboxylic acids is 1. The van der Waals surface area contributed by atoms with Gasteiger partial charge in [-0.25, -0.2) is 4.39 Å². The molecule has 1 aromatic carbocycles. The number of benzene rings is 1. The van der Waals surface area contributed by atoms with Crippen molar-refractivity contribution in [1.82, 2.24) is 10.6 Å². The number of nitrogens with one attached hydrogen (secondary N) is 2. The van der Waals surface area contributed by atoms with Gasteiger partial charge < -0.3 is 25.2 Å². The summed E-state index contributed by atoms with van der Waals surface area (Å²) in [4.78, 5) is 38.5. The predicted molar refractivity (Wildman–Crippen MR) is 149 cm³/mol. The zero-order valence-corrected chi connectivity index (χ0v) is 24.2. The highest BCUT2D eigenvalue weighted by atomic mass is 19.1. The highest BCUT2D eigenvalue weighted by Gasteiger charge is 2.39. The molecule has 0 aliphatic heterocycles. The summed E-state index contributed by atoms with van der Waals surface area (Å²) < 4.78 is 26.3. The Morgan fingerprint density at radius 2 is 1.62 bits per heavy atom. The van der Waals surface area contributed by atoms with Gasteiger partial charge in [0, 0.05) is 18.7 Å². The van der Waals surface area contributed by atoms with Gasteiger partial charge in [-0.05, 0) is 69.8 Å². The molecule has 1 unspecified atom stereocenters. The Bertz CT molecular complexity index is 1080. The van der Waals surface area contributed by atoms with Crippen LogP contribution in [-0.4, -0.2) is 48.7 Å². The van der Waals surface area contributed by atoms with E-state index in [1.165, 1.54) is 19.6 Å². The summed E-state index contributed by atoms with van der Waals surface area (Å²) in [5.41, 5.74) is -0.494. The molecule has 3 N–H and O–H groups in total. The van der Waals surface area contributed by atoms with Crippen LogP contribution in [-0.2, 0) is 9.59 Å². The maximum absolute atomic E-state index is 15.0. The molecule has 3 fully saturated rings. The lowest BCUT2D eigenvalue weighted by Crippen LogP contribution is -2.49. The van der Waals surface area contributed by atoms with E-state index in [9.17, 15) is 23.9 Å². The molecule has 0 bridgehead atoms. The summed E-state index contributed by atoms with van der Waals surface area (Å²) in [7, 11) is 1.38. The van der Waals surface area contributed by atoms with Crippen LogP contribution in [0.2, 0.25) is 0 Å². The van der Waals surface area contributed by atoms with Crippen molar-refractivity contribution < 1.29 is 33.4 Å². The molecule has 9 heteroatoms. The lowest BCUT2D eigenvalue weighted by atomic mass is 9.70. The number of carbonyl (C=O) groups excluding carboxylic acids is 2. The van der Waals surface area contributed by atoms with E-state index in [2.05, 4.69) is 17.6 Å². The number of hydrogen-bond donors (Lipinski definition) is 3. The number of halogens is 1. The maximum atomic E-state index is 15.0. The van der Waals surface area contributed by atoms with Crippen molar-refractivity contribution in [3.63, 3.8) is 0 Å². The third kappa shape index (κ3) is 7.07. The Kier molecular flexibility index (Phi) is 9.62. The average molecular weight is 561 g/mol. The van der Waals surface area contributed by atoms with Crippen LogP contribution in [0.1, 0.15) is 108 Å². The first-order valence-corrected chi connectivity index (χ1v) is 14.9. The molecule has 0 aromatic heterocycles. The summed E-state index contributed by atoms with van der Waals surface area (Å²) in [6.45, 7) is 4.58. The van der Waals surface area contributed by atoms with Crippen molar-refractivity contribution in [2.24, 2.45) is 16.7 Å². The van der Waals surface area contributed by atoms with E-state index in [-0.39, 0.29) is 46.4 Å². The summed E-state index contributed by atoms with van der Waals surface area (Å²) in [6.07, 6.45) is 10.3. The summed E-state index contributed by atoms with van der Waals surface area (Å²) in [5.74, 6) is -2.23. The zero-order chi connectivity index (χ0) is 28.9. The quantitative estimate of drug-likeness (QED) is 0.361. The lowest BCUT2D eigenvalue weighted by Gasteiger charge is -2.39. The topological polar surface area (TPSA) is 114 Å². The fourth-order valence-electron chi connectivity index (χ4n) is 6.32. The number of methoxy groups -OCH3 is 1. The van der Waals surface area contributed by atoms with Crippen molar-refractivity contribution in [2.75, 3.05) is 13.7 Å². The molecular weight excluding hydrogens is 515 g/mol. The van der Waals surface area contributed by atoms with E-state index in [1.807, 2.05) is 0 Å². The number of rotatable bonds is 9. The van der Waals surface area contributed by atoms with Gasteiger partial charge in [-0.1, -0.05) is 39.0 Å². The number of amides is 2. The van der Waals surface area contributed by atoms with Crippen LogP contribution < -0.4 is 20.1 Å². The lowest BCUT2D eigenvalue weighted by molar-refractivity contribution is -0.150. The van der Waals surface area contributed by atoms with Crippen molar-refractivity contribution in [2.45, 2.75) is 109 Å². The second-order valence-electron chi connectivity index (χ2n) is 12.7. The number of carbonyl (C=O) groups is 3. The van der Waals surface area contributed by atoms with Gasteiger partial charge in [0.25, 0.3) is 5.91 Å². The van der Waals surface area contributed by atoms with Gasteiger partial charge in [0.2, 0.25) is 5.91 Å². The first kappa shape index (κ1) is 30.1. The largest absolute Gasteiger partial charge is 0.496 e. The second-order valence-corrected chi connectivity index (χ2v) is 12.7. The van der Waals surface area contributed by atoms with Gasteiger partial charge in [-0.3, -0.25) is 14.4 Å². The van der Waals surface area contributed by atoms with Gasteiger partial charge >= 0.3 is 5.97 Å². The van der Waals surface area contributed by atoms with Crippen LogP contribution in [0.4, 0.5) is 4.39 Å². The minimum atomic E-state index is -0.834. The van der Waals surface area contributed by atoms with Gasteiger partial charge in [0.15, 0.2) is 11.6 Å². The van der Waals surface area contributed by atoms with Crippen molar-refractivity contribution >= 4 is 17.8 Å². The zero-order valence-electron chi connectivity index (χ0n) is 24.2. The first-order valence-electron chi connectivity index (χ1n) is 14.9. The third-order valence-electron chi connectivity index (χ3n) is 9.51. The fourth-order valence-corrected chi connectivity index (χ4v) is 6.32. The van der Waals surface area contributed by atoms with Crippen LogP contribution in [0, 0.1) is 22.6 Å². The maximum Gasteiger partial charge on any atom is 0.309 e. The van der Waals surface area contributed by atoms with Gasteiger partial charge in [-0.2, -0.15) is 0 Å². The number of ether oxygens (including phenoxy) is 2. The van der Waals surface area contributed by atoms with E-state index in [0.717, 1.165) is 44.6 Å². The highest BCUT2D eigenvalue weighted by molar-refractivity contribution is 5.98.